The summed E-state index contributed by atoms with van der Waals surface area (Å²) in [5.41, 5.74) is -1.89. The molecule has 132 valence electrons. The van der Waals surface area contributed by atoms with Gasteiger partial charge in [-0.05, 0) is 18.2 Å². The summed E-state index contributed by atoms with van der Waals surface area (Å²) in [6.07, 6.45) is -11.3. The molecule has 0 spiro atoms. The largest absolute Gasteiger partial charge is 0.435 e. The average Bonchev–Trinajstić information content (AvgIpc) is 2.93. The predicted molar refractivity (Wildman–Crippen MR) is 70.3 cm³/mol. The van der Waals surface area contributed by atoms with Crippen molar-refractivity contribution in [1.82, 2.24) is 9.78 Å². The molecule has 24 heavy (non-hydrogen) atoms. The van der Waals surface area contributed by atoms with E-state index in [-0.39, 0.29) is 22.3 Å². The summed E-state index contributed by atoms with van der Waals surface area (Å²) in [6, 6.07) is 3.55. The van der Waals surface area contributed by atoms with Crippen molar-refractivity contribution in [2.75, 3.05) is 5.75 Å². The van der Waals surface area contributed by atoms with Crippen LogP contribution in [0, 0.1) is 0 Å². The molecule has 0 aliphatic heterocycles. The minimum Gasteiger partial charge on any atom is -0.240 e. The first-order valence-electron chi connectivity index (χ1n) is 6.22. The minimum atomic E-state index is -4.69. The van der Waals surface area contributed by atoms with E-state index in [2.05, 4.69) is 5.10 Å². The zero-order valence-corrected chi connectivity index (χ0v) is 12.3. The molecule has 2 aromatic rings. The molecule has 11 heteroatoms. The van der Waals surface area contributed by atoms with Gasteiger partial charge in [-0.15, -0.1) is 11.8 Å². The van der Waals surface area contributed by atoms with Gasteiger partial charge in [-0.25, -0.2) is 13.5 Å². The fourth-order valence-electron chi connectivity index (χ4n) is 1.75. The van der Waals surface area contributed by atoms with Crippen molar-refractivity contribution >= 4 is 11.8 Å². The van der Waals surface area contributed by atoms with Crippen LogP contribution in [-0.2, 0) is 6.18 Å². The van der Waals surface area contributed by atoms with E-state index in [0.29, 0.717) is 6.07 Å². The molecule has 0 unspecified atom stereocenters. The number of thioether (sulfide) groups is 1. The first kappa shape index (κ1) is 18.6. The summed E-state index contributed by atoms with van der Waals surface area (Å²) in [4.78, 5) is -0.371. The molecule has 0 saturated carbocycles. The number of aromatic nitrogens is 2. The second kappa shape index (κ2) is 6.61. The number of hydrogen-bond acceptors (Lipinski definition) is 2. The van der Waals surface area contributed by atoms with Crippen molar-refractivity contribution in [2.45, 2.75) is 23.7 Å². The topological polar surface area (TPSA) is 17.8 Å². The van der Waals surface area contributed by atoms with E-state index in [0.717, 1.165) is 29.1 Å². The third-order valence-electron chi connectivity index (χ3n) is 2.77. The molecule has 0 fully saturated rings. The van der Waals surface area contributed by atoms with Crippen LogP contribution in [0.5, 0.6) is 0 Å². The highest BCUT2D eigenvalue weighted by molar-refractivity contribution is 7.99. The van der Waals surface area contributed by atoms with Crippen LogP contribution in [-0.4, -0.2) is 21.7 Å². The smallest absolute Gasteiger partial charge is 0.240 e. The Morgan fingerprint density at radius 2 is 1.71 bits per heavy atom. The Morgan fingerprint density at radius 3 is 2.21 bits per heavy atom. The molecule has 1 aromatic heterocycles. The van der Waals surface area contributed by atoms with Crippen LogP contribution >= 0.6 is 11.8 Å². The highest BCUT2D eigenvalue weighted by Gasteiger charge is 2.34. The van der Waals surface area contributed by atoms with Gasteiger partial charge in [0, 0.05) is 16.7 Å². The van der Waals surface area contributed by atoms with Crippen molar-refractivity contribution < 1.29 is 35.1 Å². The molecular weight excluding hydrogens is 368 g/mol. The van der Waals surface area contributed by atoms with Gasteiger partial charge in [0.15, 0.2) is 5.69 Å². The van der Waals surface area contributed by atoms with Gasteiger partial charge in [0.1, 0.15) is 0 Å². The third kappa shape index (κ3) is 4.62. The van der Waals surface area contributed by atoms with E-state index in [1.54, 1.807) is 0 Å². The zero-order chi connectivity index (χ0) is 18.1. The summed E-state index contributed by atoms with van der Waals surface area (Å²) in [6.45, 7) is 0. The van der Waals surface area contributed by atoms with E-state index in [4.69, 9.17) is 0 Å². The maximum atomic E-state index is 12.9. The maximum Gasteiger partial charge on any atom is 0.435 e. The fraction of sp³-hybridized carbons (Fsp3) is 0.308. The monoisotopic (exact) mass is 376 g/mol. The number of rotatable bonds is 4. The normalized spacial score (nSPS) is 12.9. The molecule has 1 aromatic carbocycles. The number of nitrogens with zero attached hydrogens (tertiary/aromatic N) is 2. The Morgan fingerprint density at radius 1 is 1.04 bits per heavy atom. The van der Waals surface area contributed by atoms with Gasteiger partial charge in [0.25, 0.3) is 6.43 Å². The van der Waals surface area contributed by atoms with Crippen molar-refractivity contribution in [3.63, 3.8) is 0 Å². The van der Waals surface area contributed by atoms with Crippen molar-refractivity contribution in [1.29, 1.82) is 0 Å². The van der Waals surface area contributed by atoms with Gasteiger partial charge >= 0.3 is 12.4 Å². The third-order valence-corrected chi connectivity index (χ3v) is 3.90. The standard InChI is InChI=1S/C13H8F8N2S/c14-11(15)8-2-1-7(5-9(8)24-6-12(16,17)18)23-4-3-10(22-23)13(19,20)21/h1-5,11H,6H2. The summed E-state index contributed by atoms with van der Waals surface area (Å²) >= 11 is 0.135. The van der Waals surface area contributed by atoms with E-state index < -0.39 is 35.8 Å². The number of alkyl halides is 8. The van der Waals surface area contributed by atoms with E-state index in [9.17, 15) is 35.1 Å². The first-order chi connectivity index (χ1) is 11.0. The highest BCUT2D eigenvalue weighted by Crippen LogP contribution is 2.35. The number of benzene rings is 1. The Hall–Kier alpha value is -1.78. The molecule has 0 bridgehead atoms. The number of hydrogen-bond donors (Lipinski definition) is 0. The molecular formula is C13H8F8N2S. The molecule has 0 atom stereocenters. The maximum absolute atomic E-state index is 12.9. The second-order valence-electron chi connectivity index (χ2n) is 4.57. The Kier molecular flexibility index (Phi) is 5.11. The SMILES string of the molecule is FC(F)c1ccc(-n2ccc(C(F)(F)F)n2)cc1SCC(F)(F)F. The molecule has 0 aliphatic carbocycles. The van der Waals surface area contributed by atoms with Gasteiger partial charge in [-0.2, -0.15) is 31.4 Å². The summed E-state index contributed by atoms with van der Waals surface area (Å²) in [5, 5.41) is 3.25. The van der Waals surface area contributed by atoms with E-state index in [1.807, 2.05) is 0 Å². The summed E-state index contributed by atoms with van der Waals surface area (Å²) in [7, 11) is 0. The van der Waals surface area contributed by atoms with Crippen LogP contribution in [0.3, 0.4) is 0 Å². The van der Waals surface area contributed by atoms with Crippen LogP contribution in [0.1, 0.15) is 17.7 Å². The van der Waals surface area contributed by atoms with Gasteiger partial charge in [-0.1, -0.05) is 6.07 Å². The van der Waals surface area contributed by atoms with Crippen LogP contribution in [0.4, 0.5) is 35.1 Å². The summed E-state index contributed by atoms with van der Waals surface area (Å²) < 4.78 is 101. The van der Waals surface area contributed by atoms with Crippen LogP contribution in [0.15, 0.2) is 35.4 Å². The average molecular weight is 376 g/mol. The van der Waals surface area contributed by atoms with Gasteiger partial charge in [0.2, 0.25) is 0 Å². The second-order valence-corrected chi connectivity index (χ2v) is 5.59. The van der Waals surface area contributed by atoms with Gasteiger partial charge in [-0.3, -0.25) is 0 Å². The lowest BCUT2D eigenvalue weighted by Crippen LogP contribution is -2.11. The quantitative estimate of drug-likeness (QED) is 0.519. The minimum absolute atomic E-state index is 0.0559. The molecule has 1 heterocycles. The lowest BCUT2D eigenvalue weighted by Gasteiger charge is -2.12. The lowest BCUT2D eigenvalue weighted by molar-refractivity contribution is -0.141. The Bertz CT molecular complexity index is 705. The van der Waals surface area contributed by atoms with Gasteiger partial charge < -0.3 is 0 Å². The fourth-order valence-corrected chi connectivity index (χ4v) is 2.60. The molecule has 0 amide bonds. The molecule has 0 N–H and O–H groups in total. The molecule has 2 rings (SSSR count). The van der Waals surface area contributed by atoms with Gasteiger partial charge in [0.05, 0.1) is 11.4 Å². The zero-order valence-electron chi connectivity index (χ0n) is 11.5. The molecule has 0 aliphatic rings. The first-order valence-corrected chi connectivity index (χ1v) is 7.21. The predicted octanol–water partition coefficient (Wildman–Crippen LogP) is 5.48. The van der Waals surface area contributed by atoms with Crippen LogP contribution in [0.2, 0.25) is 0 Å². The Labute approximate surface area is 134 Å². The van der Waals surface area contributed by atoms with Crippen LogP contribution in [0.25, 0.3) is 5.69 Å². The van der Waals surface area contributed by atoms with Crippen LogP contribution < -0.4 is 0 Å². The highest BCUT2D eigenvalue weighted by atomic mass is 32.2. The lowest BCUT2D eigenvalue weighted by atomic mass is 10.2. The molecule has 0 saturated heterocycles. The van der Waals surface area contributed by atoms with E-state index >= 15 is 0 Å². The summed E-state index contributed by atoms with van der Waals surface area (Å²) in [5.74, 6) is -1.40. The molecule has 2 nitrogen and oxygen atoms in total. The van der Waals surface area contributed by atoms with Crippen molar-refractivity contribution in [2.24, 2.45) is 0 Å². The Balaban J connectivity index is 2.36. The molecule has 0 radical (unpaired) electrons. The van der Waals surface area contributed by atoms with E-state index in [1.165, 1.54) is 0 Å². The van der Waals surface area contributed by atoms with Crippen molar-refractivity contribution in [3.05, 3.63) is 41.7 Å². The van der Waals surface area contributed by atoms with Crippen molar-refractivity contribution in [3.8, 4) is 5.69 Å². The number of halogens is 8.